The molecule has 1 saturated heterocycles. The molecular weight excluding hydrogens is 460 g/mol. The van der Waals surface area contributed by atoms with Crippen molar-refractivity contribution >= 4 is 40.3 Å². The summed E-state index contributed by atoms with van der Waals surface area (Å²) in [6.45, 7) is 4.38. The average Bonchev–Trinajstić information content (AvgIpc) is 3.41. The predicted octanol–water partition coefficient (Wildman–Crippen LogP) is 3.10. The Morgan fingerprint density at radius 1 is 1.22 bits per heavy atom. The van der Waals surface area contributed by atoms with Crippen LogP contribution in [0.4, 0.5) is 16.3 Å². The maximum atomic E-state index is 13.1. The number of anilines is 2. The Bertz CT molecular complexity index is 1300. The third kappa shape index (κ3) is 5.12. The fourth-order valence-electron chi connectivity index (χ4n) is 4.23. The molecule has 36 heavy (non-hydrogen) atoms. The number of carbonyl (C=O) groups excluding carboxylic acids is 3. The highest BCUT2D eigenvalue weighted by molar-refractivity contribution is 6.05. The summed E-state index contributed by atoms with van der Waals surface area (Å²) in [4.78, 5) is 49.6. The number of carbonyl (C=O) groups is 3. The lowest BCUT2D eigenvalue weighted by atomic mass is 10.1. The van der Waals surface area contributed by atoms with E-state index >= 15 is 0 Å². The van der Waals surface area contributed by atoms with Crippen molar-refractivity contribution in [3.8, 4) is 5.75 Å². The van der Waals surface area contributed by atoms with Gasteiger partial charge < -0.3 is 20.3 Å². The molecule has 2 heterocycles. The number of rotatable bonds is 7. The fourth-order valence-corrected chi connectivity index (χ4v) is 4.23. The van der Waals surface area contributed by atoms with E-state index in [1.165, 1.54) is 29.3 Å². The van der Waals surface area contributed by atoms with Gasteiger partial charge in [-0.1, -0.05) is 36.9 Å². The number of aromatic nitrogens is 2. The molecule has 0 radical (unpaired) electrons. The van der Waals surface area contributed by atoms with Crippen LogP contribution in [0.3, 0.4) is 0 Å². The molecule has 2 aromatic carbocycles. The van der Waals surface area contributed by atoms with Crippen molar-refractivity contribution in [2.75, 3.05) is 30.9 Å². The maximum Gasteiger partial charge on any atom is 0.323 e. The molecular formula is C26H28N6O4. The molecule has 1 atom stereocenters. The van der Waals surface area contributed by atoms with E-state index in [4.69, 9.17) is 4.74 Å². The quantitative estimate of drug-likeness (QED) is 0.494. The first-order valence-electron chi connectivity index (χ1n) is 11.5. The van der Waals surface area contributed by atoms with Gasteiger partial charge in [0, 0.05) is 31.6 Å². The van der Waals surface area contributed by atoms with E-state index in [0.717, 1.165) is 12.0 Å². The van der Waals surface area contributed by atoms with Gasteiger partial charge in [0.15, 0.2) is 0 Å². The molecule has 3 aromatic rings. The summed E-state index contributed by atoms with van der Waals surface area (Å²) in [6, 6.07) is 12.0. The largest absolute Gasteiger partial charge is 0.494 e. The Labute approximate surface area is 209 Å². The number of urea groups is 1. The molecule has 4 rings (SSSR count). The lowest BCUT2D eigenvalue weighted by molar-refractivity contribution is -0.132. The highest BCUT2D eigenvalue weighted by atomic mass is 16.5. The normalized spacial score (nSPS) is 14.8. The molecule has 1 fully saturated rings. The Hall–Kier alpha value is -4.47. The van der Waals surface area contributed by atoms with Crippen LogP contribution in [0.25, 0.3) is 10.9 Å². The van der Waals surface area contributed by atoms with E-state index in [-0.39, 0.29) is 17.8 Å². The van der Waals surface area contributed by atoms with Crippen LogP contribution in [-0.4, -0.2) is 59.5 Å². The third-order valence-electron chi connectivity index (χ3n) is 6.12. The summed E-state index contributed by atoms with van der Waals surface area (Å²) >= 11 is 0. The zero-order valence-electron chi connectivity index (χ0n) is 20.2. The van der Waals surface area contributed by atoms with Crippen LogP contribution in [0.5, 0.6) is 5.75 Å². The lowest BCUT2D eigenvalue weighted by Gasteiger charge is -2.23. The van der Waals surface area contributed by atoms with Gasteiger partial charge in [-0.3, -0.25) is 14.5 Å². The van der Waals surface area contributed by atoms with Crippen molar-refractivity contribution in [2.24, 2.45) is 0 Å². The van der Waals surface area contributed by atoms with Crippen LogP contribution in [0.15, 0.2) is 61.4 Å². The van der Waals surface area contributed by atoms with Crippen molar-refractivity contribution in [3.05, 3.63) is 67.0 Å². The van der Waals surface area contributed by atoms with Crippen LogP contribution >= 0.6 is 0 Å². The monoisotopic (exact) mass is 488 g/mol. The molecule has 0 saturated carbocycles. The second-order valence-electron chi connectivity index (χ2n) is 8.35. The van der Waals surface area contributed by atoms with Gasteiger partial charge in [0.05, 0.1) is 18.3 Å². The van der Waals surface area contributed by atoms with Crippen molar-refractivity contribution in [1.82, 2.24) is 20.2 Å². The first-order chi connectivity index (χ1) is 17.4. The minimum Gasteiger partial charge on any atom is -0.494 e. The Morgan fingerprint density at radius 3 is 2.72 bits per heavy atom. The van der Waals surface area contributed by atoms with E-state index in [0.29, 0.717) is 47.7 Å². The van der Waals surface area contributed by atoms with E-state index in [9.17, 15) is 14.4 Å². The number of likely N-dealkylation sites (tertiary alicyclic amines) is 1. The van der Waals surface area contributed by atoms with E-state index in [1.54, 1.807) is 19.2 Å². The minimum atomic E-state index is -0.603. The summed E-state index contributed by atoms with van der Waals surface area (Å²) in [7, 11) is 3.10. The molecule has 1 aliphatic heterocycles. The van der Waals surface area contributed by atoms with Crippen LogP contribution in [0.2, 0.25) is 0 Å². The number of nitrogens with one attached hydrogen (secondary N) is 2. The number of benzene rings is 2. The summed E-state index contributed by atoms with van der Waals surface area (Å²) in [5.74, 6) is 0.161. The van der Waals surface area contributed by atoms with Crippen LogP contribution < -0.4 is 20.3 Å². The molecule has 0 unspecified atom stereocenters. The Kier molecular flexibility index (Phi) is 7.43. The molecule has 0 aliphatic carbocycles. The van der Waals surface area contributed by atoms with Gasteiger partial charge in [0.25, 0.3) is 0 Å². The van der Waals surface area contributed by atoms with Crippen molar-refractivity contribution in [3.63, 3.8) is 0 Å². The van der Waals surface area contributed by atoms with Gasteiger partial charge in [-0.15, -0.1) is 0 Å². The number of fused-ring (bicyclic) bond motifs is 1. The average molecular weight is 489 g/mol. The topological polar surface area (TPSA) is 117 Å². The maximum absolute atomic E-state index is 13.1. The molecule has 0 bridgehead atoms. The minimum absolute atomic E-state index is 0.281. The van der Waals surface area contributed by atoms with Crippen LogP contribution in [-0.2, 0) is 16.1 Å². The van der Waals surface area contributed by atoms with Crippen LogP contribution in [0.1, 0.15) is 18.4 Å². The molecule has 1 aromatic heterocycles. The second-order valence-corrected chi connectivity index (χ2v) is 8.35. The van der Waals surface area contributed by atoms with Crippen LogP contribution in [0, 0.1) is 0 Å². The van der Waals surface area contributed by atoms with Crippen molar-refractivity contribution < 1.29 is 19.1 Å². The third-order valence-corrected chi connectivity index (χ3v) is 6.12. The smallest absolute Gasteiger partial charge is 0.323 e. The first kappa shape index (κ1) is 24.6. The summed E-state index contributed by atoms with van der Waals surface area (Å²) in [5.41, 5.74) is 1.90. The Morgan fingerprint density at radius 2 is 2.00 bits per heavy atom. The zero-order chi connectivity index (χ0) is 25.7. The highest BCUT2D eigenvalue weighted by Gasteiger charge is 2.33. The molecule has 186 valence electrons. The number of amides is 4. The van der Waals surface area contributed by atoms with E-state index in [1.807, 2.05) is 30.3 Å². The predicted molar refractivity (Wildman–Crippen MR) is 137 cm³/mol. The van der Waals surface area contributed by atoms with Gasteiger partial charge in [-0.2, -0.15) is 0 Å². The second kappa shape index (κ2) is 10.9. The van der Waals surface area contributed by atoms with E-state index < -0.39 is 6.04 Å². The van der Waals surface area contributed by atoms with Gasteiger partial charge in [-0.25, -0.2) is 14.8 Å². The summed E-state index contributed by atoms with van der Waals surface area (Å²) < 4.78 is 5.48. The molecule has 10 heteroatoms. The van der Waals surface area contributed by atoms with Gasteiger partial charge >= 0.3 is 6.03 Å². The molecule has 4 amide bonds. The highest BCUT2D eigenvalue weighted by Crippen LogP contribution is 2.34. The summed E-state index contributed by atoms with van der Waals surface area (Å²) in [6.07, 6.45) is 3.87. The van der Waals surface area contributed by atoms with E-state index in [2.05, 4.69) is 27.2 Å². The van der Waals surface area contributed by atoms with Crippen molar-refractivity contribution in [2.45, 2.75) is 25.4 Å². The van der Waals surface area contributed by atoms with Crippen molar-refractivity contribution in [1.29, 1.82) is 0 Å². The number of hydrogen-bond donors (Lipinski definition) is 2. The lowest BCUT2D eigenvalue weighted by Crippen LogP contribution is -2.42. The fraction of sp³-hybridized carbons (Fsp3) is 0.269. The van der Waals surface area contributed by atoms with Gasteiger partial charge in [-0.05, 0) is 30.5 Å². The first-order valence-corrected chi connectivity index (χ1v) is 11.5. The van der Waals surface area contributed by atoms with Gasteiger partial charge in [0.2, 0.25) is 11.8 Å². The Balaban J connectivity index is 1.59. The number of hydrogen-bond acceptors (Lipinski definition) is 6. The molecule has 10 nitrogen and oxygen atoms in total. The zero-order valence-corrected chi connectivity index (χ0v) is 20.2. The number of nitrogens with zero attached hydrogens (tertiary/aromatic N) is 4. The SMILES string of the molecule is C=CC(=O)N1CCC[C@H]1C(=O)Nc1cc2c(N(C)C(=O)NCc3ccccc3)ncnc2cc1OC. The molecule has 2 N–H and O–H groups in total. The number of ether oxygens (including phenoxy) is 1. The molecule has 1 aliphatic rings. The van der Waals surface area contributed by atoms with Gasteiger partial charge in [0.1, 0.15) is 23.9 Å². The standard InChI is InChI=1S/C26H28N6O4/c1-4-23(33)32-12-8-11-21(32)25(34)30-20-13-18-19(14-22(20)36-3)28-16-29-24(18)31(2)26(35)27-15-17-9-6-5-7-10-17/h4-7,9-10,13-14,16,21H,1,8,11-12,15H2,2-3H3,(H,27,35)(H,30,34)/t21-/m0/s1. The molecule has 0 spiro atoms. The summed E-state index contributed by atoms with van der Waals surface area (Å²) in [5, 5.41) is 6.31. The number of methoxy groups -OCH3 is 1.